The molecule has 5 rings (SSSR count). The van der Waals surface area contributed by atoms with Crippen LogP contribution in [-0.4, -0.2) is 34.8 Å². The first-order valence-corrected chi connectivity index (χ1v) is 14.8. The molecule has 0 saturated heterocycles. The number of carbonyl (C=O) groups is 1. The monoisotopic (exact) mass is 566 g/mol. The summed E-state index contributed by atoms with van der Waals surface area (Å²) >= 11 is 9.36. The maximum atomic E-state index is 14.1. The molecule has 1 aliphatic carbocycles. The van der Waals surface area contributed by atoms with Crippen LogP contribution in [0.4, 0.5) is 11.4 Å². The van der Waals surface area contributed by atoms with Crippen LogP contribution in [0.25, 0.3) is 15.9 Å². The summed E-state index contributed by atoms with van der Waals surface area (Å²) in [5.74, 6) is 0.438. The number of fused-ring (bicyclic) bond motifs is 3. The molecule has 198 valence electrons. The lowest BCUT2D eigenvalue weighted by Gasteiger charge is -2.18. The second-order valence-corrected chi connectivity index (χ2v) is 13.0. The molecule has 6 nitrogen and oxygen atoms in total. The third kappa shape index (κ3) is 5.22. The molecule has 1 amide bonds. The molecule has 38 heavy (non-hydrogen) atoms. The number of rotatable bonds is 6. The molecule has 2 aromatic carbocycles. The van der Waals surface area contributed by atoms with Crippen LogP contribution in [0.3, 0.4) is 0 Å². The van der Waals surface area contributed by atoms with E-state index in [0.717, 1.165) is 46.6 Å². The van der Waals surface area contributed by atoms with E-state index in [1.54, 1.807) is 22.0 Å². The fourth-order valence-electron chi connectivity index (χ4n) is 4.70. The van der Waals surface area contributed by atoms with Crippen molar-refractivity contribution in [3.05, 3.63) is 73.8 Å². The van der Waals surface area contributed by atoms with E-state index in [0.29, 0.717) is 27.2 Å². The fourth-order valence-corrected chi connectivity index (χ4v) is 7.22. The summed E-state index contributed by atoms with van der Waals surface area (Å²) in [5.41, 5.74) is 4.39. The van der Waals surface area contributed by atoms with Crippen LogP contribution in [0.15, 0.2) is 52.4 Å². The van der Waals surface area contributed by atoms with Crippen LogP contribution >= 0.6 is 34.7 Å². The summed E-state index contributed by atoms with van der Waals surface area (Å²) < 4.78 is 1.62. The third-order valence-corrected chi connectivity index (χ3v) is 9.62. The number of amides is 1. The predicted octanol–water partition coefficient (Wildman–Crippen LogP) is 6.72. The van der Waals surface area contributed by atoms with Gasteiger partial charge in [-0.05, 0) is 86.6 Å². The number of nitrogens with zero attached hydrogens (tertiary/aromatic N) is 3. The lowest BCUT2D eigenvalue weighted by Crippen LogP contribution is -2.26. The average Bonchev–Trinajstić information content (AvgIpc) is 3.23. The number of carbonyl (C=O) groups excluding carboxylic acids is 1. The van der Waals surface area contributed by atoms with Crippen LogP contribution in [0.2, 0.25) is 5.02 Å². The zero-order valence-electron chi connectivity index (χ0n) is 22.2. The number of anilines is 2. The number of aryl methyl sites for hydroxylation is 2. The van der Waals surface area contributed by atoms with Crippen LogP contribution in [0, 0.1) is 12.8 Å². The lowest BCUT2D eigenvalue weighted by atomic mass is 9.89. The number of hydrogen-bond donors (Lipinski definition) is 1. The van der Waals surface area contributed by atoms with Crippen LogP contribution in [0.1, 0.15) is 36.3 Å². The number of halogens is 1. The van der Waals surface area contributed by atoms with Gasteiger partial charge in [0.25, 0.3) is 5.56 Å². The molecular weight excluding hydrogens is 536 g/mol. The molecule has 0 radical (unpaired) electrons. The summed E-state index contributed by atoms with van der Waals surface area (Å²) in [4.78, 5) is 36.2. The molecule has 0 saturated carbocycles. The predicted molar refractivity (Wildman–Crippen MR) is 161 cm³/mol. The van der Waals surface area contributed by atoms with E-state index in [-0.39, 0.29) is 11.5 Å². The van der Waals surface area contributed by atoms with Gasteiger partial charge in [0.2, 0.25) is 5.91 Å². The van der Waals surface area contributed by atoms with Gasteiger partial charge >= 0.3 is 0 Å². The smallest absolute Gasteiger partial charge is 0.267 e. The maximum absolute atomic E-state index is 14.1. The highest BCUT2D eigenvalue weighted by molar-refractivity contribution is 8.00. The minimum atomic E-state index is -0.491. The molecule has 2 atom stereocenters. The standard InChI is InChI=1S/C29H31ClN4O2S2/c1-16-6-13-22-24(14-16)38-27-25(22)28(36)34(21-10-7-17(2)23(30)15-21)29(32-27)37-18(3)26(35)31-19-8-11-20(12-9-19)33(4)5/h7-12,15-16,18H,6,13-14H2,1-5H3,(H,31,35). The zero-order valence-corrected chi connectivity index (χ0v) is 24.6. The first-order chi connectivity index (χ1) is 18.1. The van der Waals surface area contributed by atoms with Gasteiger partial charge in [0.1, 0.15) is 4.83 Å². The van der Waals surface area contributed by atoms with Crippen molar-refractivity contribution in [1.29, 1.82) is 0 Å². The molecule has 4 aromatic rings. The molecule has 0 bridgehead atoms. The van der Waals surface area contributed by atoms with Gasteiger partial charge in [-0.25, -0.2) is 4.98 Å². The first kappa shape index (κ1) is 26.8. The van der Waals surface area contributed by atoms with Gasteiger partial charge < -0.3 is 10.2 Å². The number of thiophene rings is 1. The van der Waals surface area contributed by atoms with Crippen molar-refractivity contribution in [2.45, 2.75) is 50.4 Å². The van der Waals surface area contributed by atoms with E-state index in [1.165, 1.54) is 16.6 Å². The average molecular weight is 567 g/mol. The first-order valence-electron chi connectivity index (χ1n) is 12.7. The Balaban J connectivity index is 1.53. The van der Waals surface area contributed by atoms with E-state index in [2.05, 4.69) is 12.2 Å². The van der Waals surface area contributed by atoms with E-state index in [9.17, 15) is 9.59 Å². The second-order valence-electron chi connectivity index (χ2n) is 10.2. The molecule has 0 fully saturated rings. The Kier molecular flexibility index (Phi) is 7.58. The second kappa shape index (κ2) is 10.8. The van der Waals surface area contributed by atoms with Crippen molar-refractivity contribution in [3.63, 3.8) is 0 Å². The molecule has 2 unspecified atom stereocenters. The molecular formula is C29H31ClN4O2S2. The highest BCUT2D eigenvalue weighted by atomic mass is 35.5. The number of thioether (sulfide) groups is 1. The summed E-state index contributed by atoms with van der Waals surface area (Å²) in [7, 11) is 3.95. The zero-order chi connectivity index (χ0) is 27.1. The van der Waals surface area contributed by atoms with Gasteiger partial charge in [-0.2, -0.15) is 0 Å². The van der Waals surface area contributed by atoms with Crippen molar-refractivity contribution >= 4 is 62.2 Å². The summed E-state index contributed by atoms with van der Waals surface area (Å²) in [6, 6.07) is 13.3. The number of benzene rings is 2. The van der Waals surface area contributed by atoms with Crippen LogP contribution in [0.5, 0.6) is 0 Å². The lowest BCUT2D eigenvalue weighted by molar-refractivity contribution is -0.115. The largest absolute Gasteiger partial charge is 0.378 e. The topological polar surface area (TPSA) is 67.2 Å². The van der Waals surface area contributed by atoms with Crippen LogP contribution in [-0.2, 0) is 17.6 Å². The Morgan fingerprint density at radius 1 is 1.24 bits per heavy atom. The van der Waals surface area contributed by atoms with Gasteiger partial charge in [0, 0.05) is 35.4 Å². The van der Waals surface area contributed by atoms with E-state index in [1.807, 2.05) is 69.2 Å². The Morgan fingerprint density at radius 2 is 1.97 bits per heavy atom. The van der Waals surface area contributed by atoms with Crippen molar-refractivity contribution in [2.24, 2.45) is 5.92 Å². The van der Waals surface area contributed by atoms with Gasteiger partial charge in [-0.15, -0.1) is 11.3 Å². The number of aromatic nitrogens is 2. The van der Waals surface area contributed by atoms with E-state index < -0.39 is 5.25 Å². The molecule has 1 aliphatic rings. The fraction of sp³-hybridized carbons (Fsp3) is 0.345. The minimum absolute atomic E-state index is 0.101. The van der Waals surface area contributed by atoms with Crippen molar-refractivity contribution in [3.8, 4) is 5.69 Å². The Bertz CT molecular complexity index is 1580. The number of hydrogen-bond acceptors (Lipinski definition) is 6. The van der Waals surface area contributed by atoms with Gasteiger partial charge in [-0.3, -0.25) is 14.2 Å². The van der Waals surface area contributed by atoms with Crippen molar-refractivity contribution in [1.82, 2.24) is 9.55 Å². The highest BCUT2D eigenvalue weighted by Crippen LogP contribution is 2.37. The SMILES string of the molecule is Cc1ccc(-n2c(SC(C)C(=O)Nc3ccc(N(C)C)cc3)nc3sc4c(c3c2=O)CCC(C)C4)cc1Cl. The normalized spacial score (nSPS) is 15.8. The Labute approximate surface area is 236 Å². The molecule has 0 aliphatic heterocycles. The molecule has 9 heteroatoms. The summed E-state index contributed by atoms with van der Waals surface area (Å²) in [6.07, 6.45) is 2.93. The van der Waals surface area contributed by atoms with E-state index in [4.69, 9.17) is 16.6 Å². The van der Waals surface area contributed by atoms with Crippen molar-refractivity contribution < 1.29 is 4.79 Å². The third-order valence-electron chi connectivity index (χ3n) is 7.01. The van der Waals surface area contributed by atoms with Crippen molar-refractivity contribution in [2.75, 3.05) is 24.3 Å². The molecule has 2 heterocycles. The summed E-state index contributed by atoms with van der Waals surface area (Å²) in [5, 5.41) is 4.27. The Hall–Kier alpha value is -2.81. The minimum Gasteiger partial charge on any atom is -0.378 e. The van der Waals surface area contributed by atoms with Gasteiger partial charge in [0.15, 0.2) is 5.16 Å². The van der Waals surface area contributed by atoms with Gasteiger partial charge in [-0.1, -0.05) is 36.4 Å². The Morgan fingerprint density at radius 3 is 2.66 bits per heavy atom. The maximum Gasteiger partial charge on any atom is 0.267 e. The molecule has 2 aromatic heterocycles. The number of nitrogens with one attached hydrogen (secondary N) is 1. The highest BCUT2D eigenvalue weighted by Gasteiger charge is 2.27. The molecule has 1 N–H and O–H groups in total. The van der Waals surface area contributed by atoms with Crippen LogP contribution < -0.4 is 15.8 Å². The molecule has 0 spiro atoms. The quantitative estimate of drug-likeness (QED) is 0.207. The van der Waals surface area contributed by atoms with Gasteiger partial charge in [0.05, 0.1) is 16.3 Å². The summed E-state index contributed by atoms with van der Waals surface area (Å²) in [6.45, 7) is 6.01. The van der Waals surface area contributed by atoms with E-state index >= 15 is 0 Å².